The number of rotatable bonds is 5. The molecule has 0 aliphatic heterocycles. The number of carbonyl (C=O) groups is 2. The van der Waals surface area contributed by atoms with E-state index in [0.29, 0.717) is 19.3 Å². The molecule has 21 heavy (non-hydrogen) atoms. The van der Waals surface area contributed by atoms with E-state index in [9.17, 15) is 18.4 Å². The number of carboxylic acid groups (broad SMARTS) is 1. The summed E-state index contributed by atoms with van der Waals surface area (Å²) in [5.41, 5.74) is -1.67. The maximum atomic E-state index is 12.8. The lowest BCUT2D eigenvalue weighted by atomic mass is 9.35. The molecule has 0 unspecified atom stereocenters. The van der Waals surface area contributed by atoms with Gasteiger partial charge in [0.2, 0.25) is 5.91 Å². The molecule has 9 heteroatoms. The van der Waals surface area contributed by atoms with Crippen molar-refractivity contribution in [1.29, 1.82) is 0 Å². The summed E-state index contributed by atoms with van der Waals surface area (Å²) >= 11 is 0. The Hall–Kier alpha value is -2.06. The summed E-state index contributed by atoms with van der Waals surface area (Å²) in [5, 5.41) is 18.7. The Bertz CT molecular complexity index is 608. The second-order valence-corrected chi connectivity index (χ2v) is 5.92. The molecule has 0 spiro atoms. The lowest BCUT2D eigenvalue weighted by molar-refractivity contribution is -0.220. The Labute approximate surface area is 118 Å². The van der Waals surface area contributed by atoms with Gasteiger partial charge in [0, 0.05) is 7.05 Å². The molecular weight excluding hydrogens is 286 g/mol. The molecule has 0 atom stereocenters. The van der Waals surface area contributed by atoms with Crippen LogP contribution in [0.3, 0.4) is 0 Å². The SMILES string of the molecule is Cn1nnc(CNC(=O)C23CC(C(=O)O)(C2)C3)c1C(F)F. The first-order chi connectivity index (χ1) is 9.80. The Morgan fingerprint density at radius 2 is 2.00 bits per heavy atom. The van der Waals surface area contributed by atoms with Gasteiger partial charge in [-0.05, 0) is 19.3 Å². The maximum absolute atomic E-state index is 12.8. The van der Waals surface area contributed by atoms with Crippen molar-refractivity contribution in [2.75, 3.05) is 0 Å². The molecule has 0 radical (unpaired) electrons. The van der Waals surface area contributed by atoms with Crippen LogP contribution < -0.4 is 5.32 Å². The van der Waals surface area contributed by atoms with E-state index >= 15 is 0 Å². The van der Waals surface area contributed by atoms with Crippen LogP contribution in [0.1, 0.15) is 37.1 Å². The number of aromatic nitrogens is 3. The van der Waals surface area contributed by atoms with E-state index in [-0.39, 0.29) is 23.8 Å². The van der Waals surface area contributed by atoms with Crippen LogP contribution in [0.4, 0.5) is 8.78 Å². The van der Waals surface area contributed by atoms with Gasteiger partial charge in [0.15, 0.2) is 0 Å². The third-order valence-corrected chi connectivity index (χ3v) is 4.53. The monoisotopic (exact) mass is 300 g/mol. The number of hydrogen-bond donors (Lipinski definition) is 2. The van der Waals surface area contributed by atoms with Crippen LogP contribution in [0.15, 0.2) is 0 Å². The number of hydrogen-bond acceptors (Lipinski definition) is 4. The van der Waals surface area contributed by atoms with Crippen molar-refractivity contribution in [3.63, 3.8) is 0 Å². The number of alkyl halides is 2. The number of aryl methyl sites for hydroxylation is 1. The van der Waals surface area contributed by atoms with Gasteiger partial charge in [-0.2, -0.15) is 0 Å². The second-order valence-electron chi connectivity index (χ2n) is 5.92. The fraction of sp³-hybridized carbons (Fsp3) is 0.667. The summed E-state index contributed by atoms with van der Waals surface area (Å²) in [4.78, 5) is 23.0. The number of aliphatic carboxylic acids is 1. The van der Waals surface area contributed by atoms with Crippen molar-refractivity contribution in [3.8, 4) is 0 Å². The van der Waals surface area contributed by atoms with Crippen LogP contribution in [0, 0.1) is 10.8 Å². The van der Waals surface area contributed by atoms with Gasteiger partial charge < -0.3 is 10.4 Å². The Balaban J connectivity index is 1.60. The van der Waals surface area contributed by atoms with E-state index in [2.05, 4.69) is 15.6 Å². The zero-order valence-corrected chi connectivity index (χ0v) is 11.3. The molecule has 3 aliphatic carbocycles. The fourth-order valence-electron chi connectivity index (χ4n) is 3.41. The van der Waals surface area contributed by atoms with Gasteiger partial charge in [0.05, 0.1) is 17.4 Å². The minimum absolute atomic E-state index is 0.0281. The molecule has 1 aromatic heterocycles. The number of carbonyl (C=O) groups excluding carboxylic acids is 1. The largest absolute Gasteiger partial charge is 0.481 e. The van der Waals surface area contributed by atoms with Gasteiger partial charge in [-0.25, -0.2) is 13.5 Å². The van der Waals surface area contributed by atoms with E-state index in [1.165, 1.54) is 7.05 Å². The maximum Gasteiger partial charge on any atom is 0.309 e. The first-order valence-corrected chi connectivity index (χ1v) is 6.48. The predicted molar refractivity (Wildman–Crippen MR) is 64.2 cm³/mol. The predicted octanol–water partition coefficient (Wildman–Crippen LogP) is 0.624. The van der Waals surface area contributed by atoms with Crippen molar-refractivity contribution in [2.24, 2.45) is 17.9 Å². The van der Waals surface area contributed by atoms with Gasteiger partial charge in [0.25, 0.3) is 6.43 Å². The zero-order chi connectivity index (χ0) is 15.4. The van der Waals surface area contributed by atoms with E-state index in [4.69, 9.17) is 5.11 Å². The lowest BCUT2D eigenvalue weighted by Crippen LogP contribution is -2.70. The quantitative estimate of drug-likeness (QED) is 0.831. The molecule has 1 amide bonds. The second kappa shape index (κ2) is 4.22. The fourth-order valence-corrected chi connectivity index (χ4v) is 3.41. The molecule has 1 heterocycles. The summed E-state index contributed by atoms with van der Waals surface area (Å²) in [6.45, 7) is -0.131. The lowest BCUT2D eigenvalue weighted by Gasteiger charge is -2.66. The van der Waals surface area contributed by atoms with Crippen LogP contribution in [0.25, 0.3) is 0 Å². The molecule has 2 bridgehead atoms. The average molecular weight is 300 g/mol. The Morgan fingerprint density at radius 1 is 1.38 bits per heavy atom. The Morgan fingerprint density at radius 3 is 2.52 bits per heavy atom. The van der Waals surface area contributed by atoms with Gasteiger partial charge in [0.1, 0.15) is 11.4 Å². The molecule has 3 aliphatic rings. The summed E-state index contributed by atoms with van der Waals surface area (Å²) in [5.74, 6) is -1.16. The average Bonchev–Trinajstić information content (AvgIpc) is 2.63. The molecule has 1 aromatic rings. The number of halogens is 2. The van der Waals surface area contributed by atoms with Gasteiger partial charge >= 0.3 is 5.97 Å². The molecule has 114 valence electrons. The first-order valence-electron chi connectivity index (χ1n) is 6.48. The van der Waals surface area contributed by atoms with Crippen LogP contribution >= 0.6 is 0 Å². The minimum atomic E-state index is -2.72. The molecule has 0 saturated heterocycles. The van der Waals surface area contributed by atoms with Gasteiger partial charge in [-0.15, -0.1) is 5.10 Å². The zero-order valence-electron chi connectivity index (χ0n) is 11.3. The normalized spacial score (nSPS) is 29.7. The summed E-state index contributed by atoms with van der Waals surface area (Å²) in [6.07, 6.45) is -1.75. The molecule has 3 fully saturated rings. The van der Waals surface area contributed by atoms with E-state index in [1.54, 1.807) is 0 Å². The van der Waals surface area contributed by atoms with Crippen molar-refractivity contribution in [3.05, 3.63) is 11.4 Å². The van der Waals surface area contributed by atoms with Gasteiger partial charge in [-0.1, -0.05) is 5.21 Å². The highest BCUT2D eigenvalue weighted by atomic mass is 19.3. The van der Waals surface area contributed by atoms with E-state index < -0.39 is 23.2 Å². The standard InChI is InChI=1S/C12H14F2N4O3/c1-18-7(8(13)14)6(16-17-18)2-15-9(19)11-3-12(4-11,5-11)10(20)21/h8H,2-5H2,1H3,(H,15,19)(H,20,21). The molecule has 3 saturated carbocycles. The van der Waals surface area contributed by atoms with Crippen molar-refractivity contribution in [2.45, 2.75) is 32.2 Å². The number of nitrogens with zero attached hydrogens (tertiary/aromatic N) is 3. The van der Waals surface area contributed by atoms with Crippen LogP contribution in [-0.4, -0.2) is 32.0 Å². The van der Waals surface area contributed by atoms with Crippen LogP contribution in [0.2, 0.25) is 0 Å². The summed E-state index contributed by atoms with van der Waals surface area (Å²) in [7, 11) is 1.36. The third kappa shape index (κ3) is 1.83. The van der Waals surface area contributed by atoms with E-state index in [1.807, 2.05) is 0 Å². The highest BCUT2D eigenvalue weighted by Gasteiger charge is 2.75. The molecule has 7 nitrogen and oxygen atoms in total. The summed E-state index contributed by atoms with van der Waals surface area (Å²) < 4.78 is 26.6. The minimum Gasteiger partial charge on any atom is -0.481 e. The van der Waals surface area contributed by atoms with Crippen molar-refractivity contribution < 1.29 is 23.5 Å². The van der Waals surface area contributed by atoms with Crippen molar-refractivity contribution >= 4 is 11.9 Å². The highest BCUT2D eigenvalue weighted by molar-refractivity contribution is 5.93. The highest BCUT2D eigenvalue weighted by Crippen LogP contribution is 2.73. The molecular formula is C12H14F2N4O3. The molecule has 2 N–H and O–H groups in total. The Kier molecular flexibility index (Phi) is 2.79. The topological polar surface area (TPSA) is 97.1 Å². The van der Waals surface area contributed by atoms with E-state index in [0.717, 1.165) is 4.68 Å². The van der Waals surface area contributed by atoms with Crippen LogP contribution in [-0.2, 0) is 23.2 Å². The van der Waals surface area contributed by atoms with Gasteiger partial charge in [-0.3, -0.25) is 9.59 Å². The number of carboxylic acids is 1. The first kappa shape index (κ1) is 13.9. The summed E-state index contributed by atoms with van der Waals surface area (Å²) in [6, 6.07) is 0. The third-order valence-electron chi connectivity index (χ3n) is 4.53. The van der Waals surface area contributed by atoms with Crippen LogP contribution in [0.5, 0.6) is 0 Å². The molecule has 4 rings (SSSR count). The number of nitrogens with one attached hydrogen (secondary N) is 1. The molecule has 0 aromatic carbocycles. The number of amides is 1. The van der Waals surface area contributed by atoms with Crippen molar-refractivity contribution in [1.82, 2.24) is 20.3 Å². The smallest absolute Gasteiger partial charge is 0.309 e.